The Labute approximate surface area is 190 Å². The topological polar surface area (TPSA) is 84.0 Å². The number of imide groups is 1. The Morgan fingerprint density at radius 1 is 0.938 bits per heavy atom. The molecule has 2 aromatic carbocycles. The number of ether oxygens (including phenoxy) is 1. The lowest BCUT2D eigenvalue weighted by atomic mass is 9.81. The predicted octanol–water partition coefficient (Wildman–Crippen LogP) is 3.76. The molecule has 2 aromatic rings. The zero-order valence-electron chi connectivity index (χ0n) is 17.6. The maximum absolute atomic E-state index is 13.4. The van der Waals surface area contributed by atoms with Crippen LogP contribution in [0.1, 0.15) is 46.4 Å². The Kier molecular flexibility index (Phi) is 6.28. The Morgan fingerprint density at radius 3 is 2.00 bits per heavy atom. The molecule has 0 spiro atoms. The Bertz CT molecular complexity index is 1030. The van der Waals surface area contributed by atoms with Gasteiger partial charge in [0.2, 0.25) is 0 Å². The van der Waals surface area contributed by atoms with Crippen molar-refractivity contribution in [2.45, 2.75) is 25.7 Å². The van der Waals surface area contributed by atoms with Gasteiger partial charge in [-0.15, -0.1) is 0 Å². The van der Waals surface area contributed by atoms with Gasteiger partial charge in [-0.1, -0.05) is 24.4 Å². The Morgan fingerprint density at radius 2 is 1.47 bits per heavy atom. The van der Waals surface area contributed by atoms with E-state index in [1.165, 1.54) is 19.2 Å². The van der Waals surface area contributed by atoms with Gasteiger partial charge in [0.1, 0.15) is 12.3 Å². The molecule has 2 aliphatic rings. The average molecular weight is 455 g/mol. The number of ketones is 1. The van der Waals surface area contributed by atoms with E-state index in [0.717, 1.165) is 22.9 Å². The van der Waals surface area contributed by atoms with Crippen LogP contribution in [-0.2, 0) is 9.59 Å². The Hall–Kier alpha value is -3.19. The highest BCUT2D eigenvalue weighted by Crippen LogP contribution is 2.39. The number of benzene rings is 2. The third-order valence-corrected chi connectivity index (χ3v) is 6.34. The zero-order valence-corrected chi connectivity index (χ0v) is 18.4. The van der Waals surface area contributed by atoms with Crippen molar-refractivity contribution < 1.29 is 23.9 Å². The third-order valence-electron chi connectivity index (χ3n) is 6.09. The largest absolute Gasteiger partial charge is 0.497 e. The number of carbonyl (C=O) groups is 4. The minimum absolute atomic E-state index is 0.229. The molecule has 8 heteroatoms. The highest BCUT2D eigenvalue weighted by molar-refractivity contribution is 6.30. The van der Waals surface area contributed by atoms with Crippen LogP contribution in [0.25, 0.3) is 0 Å². The molecule has 7 nitrogen and oxygen atoms in total. The van der Waals surface area contributed by atoms with Crippen LogP contribution in [0.3, 0.4) is 0 Å². The van der Waals surface area contributed by atoms with Crippen LogP contribution in [0.15, 0.2) is 48.5 Å². The molecule has 2 atom stereocenters. The number of hydrogen-bond donors (Lipinski definition) is 0. The zero-order chi connectivity index (χ0) is 22.8. The number of amides is 3. The molecule has 166 valence electrons. The first-order chi connectivity index (χ1) is 15.4. The summed E-state index contributed by atoms with van der Waals surface area (Å²) < 4.78 is 5.12. The number of rotatable bonds is 6. The van der Waals surface area contributed by atoms with E-state index in [2.05, 4.69) is 0 Å². The van der Waals surface area contributed by atoms with Crippen LogP contribution in [-0.4, -0.2) is 47.2 Å². The van der Waals surface area contributed by atoms with Crippen molar-refractivity contribution >= 4 is 35.1 Å². The molecular weight excluding hydrogens is 432 g/mol. The summed E-state index contributed by atoms with van der Waals surface area (Å²) >= 11 is 5.93. The molecule has 1 aliphatic carbocycles. The van der Waals surface area contributed by atoms with Crippen LogP contribution in [0, 0.1) is 11.8 Å². The van der Waals surface area contributed by atoms with Gasteiger partial charge in [-0.05, 0) is 61.4 Å². The molecule has 1 aliphatic heterocycles. The molecule has 32 heavy (non-hydrogen) atoms. The smallest absolute Gasteiger partial charge is 0.273 e. The monoisotopic (exact) mass is 454 g/mol. The lowest BCUT2D eigenvalue weighted by molar-refractivity contribution is -0.154. The number of methoxy groups -OCH3 is 1. The minimum Gasteiger partial charge on any atom is -0.497 e. The number of halogens is 1. The number of hydrogen-bond acceptors (Lipinski definition) is 5. The summed E-state index contributed by atoms with van der Waals surface area (Å²) in [6, 6.07) is 12.6. The SMILES string of the molecule is COc1ccc(C(=O)CN(C(=O)c2ccc(Cl)cc2)N2C(=O)[C@H]3CCCC[C@@H]3C2=O)cc1. The van der Waals surface area contributed by atoms with Crippen LogP contribution in [0.4, 0.5) is 0 Å². The van der Waals surface area contributed by atoms with Crippen molar-refractivity contribution in [1.29, 1.82) is 0 Å². The number of hydrazine groups is 1. The summed E-state index contributed by atoms with van der Waals surface area (Å²) in [5, 5.41) is 2.33. The van der Waals surface area contributed by atoms with Crippen LogP contribution < -0.4 is 4.74 Å². The van der Waals surface area contributed by atoms with E-state index < -0.39 is 41.9 Å². The van der Waals surface area contributed by atoms with Gasteiger partial charge in [0, 0.05) is 16.1 Å². The molecule has 0 unspecified atom stereocenters. The van der Waals surface area contributed by atoms with Gasteiger partial charge in [0.05, 0.1) is 18.9 Å². The average Bonchev–Trinajstić information content (AvgIpc) is 3.07. The summed E-state index contributed by atoms with van der Waals surface area (Å²) in [4.78, 5) is 52.7. The number of Topliss-reactive ketones (excluding diaryl/α,β-unsaturated/α-hetero) is 1. The van der Waals surface area contributed by atoms with Gasteiger partial charge < -0.3 is 4.74 Å². The van der Waals surface area contributed by atoms with Gasteiger partial charge in [-0.25, -0.2) is 5.01 Å². The molecule has 0 N–H and O–H groups in total. The second kappa shape index (κ2) is 9.12. The molecular formula is C24H23ClN2O5. The standard InChI is InChI=1S/C24H23ClN2O5/c1-32-18-12-8-15(9-13-18)21(28)14-26(22(29)16-6-10-17(25)11-7-16)27-23(30)19-4-2-3-5-20(19)24(27)31/h6-13,19-20H,2-5,14H2,1H3/t19-,20-/m0/s1. The third kappa shape index (κ3) is 4.12. The van der Waals surface area contributed by atoms with Crippen molar-refractivity contribution in [3.8, 4) is 5.75 Å². The molecule has 0 radical (unpaired) electrons. The highest BCUT2D eigenvalue weighted by Gasteiger charge is 2.51. The quantitative estimate of drug-likeness (QED) is 0.490. The van der Waals surface area contributed by atoms with E-state index >= 15 is 0 Å². The van der Waals surface area contributed by atoms with Crippen molar-refractivity contribution in [2.75, 3.05) is 13.7 Å². The number of nitrogens with zero attached hydrogens (tertiary/aromatic N) is 2. The van der Waals surface area contributed by atoms with Gasteiger partial charge in [0.25, 0.3) is 17.7 Å². The summed E-state index contributed by atoms with van der Waals surface area (Å²) in [5.74, 6) is -2.12. The van der Waals surface area contributed by atoms with Gasteiger partial charge >= 0.3 is 0 Å². The fourth-order valence-corrected chi connectivity index (χ4v) is 4.49. The van der Waals surface area contributed by atoms with Crippen LogP contribution in [0.2, 0.25) is 5.02 Å². The van der Waals surface area contributed by atoms with Crippen LogP contribution in [0.5, 0.6) is 5.75 Å². The normalized spacial score (nSPS) is 20.1. The van der Waals surface area contributed by atoms with Gasteiger partial charge in [0.15, 0.2) is 5.78 Å². The minimum atomic E-state index is -0.608. The lowest BCUT2D eigenvalue weighted by Gasteiger charge is -2.30. The van der Waals surface area contributed by atoms with Gasteiger partial charge in [-0.2, -0.15) is 5.01 Å². The summed E-state index contributed by atoms with van der Waals surface area (Å²) in [5.41, 5.74) is 0.573. The lowest BCUT2D eigenvalue weighted by Crippen LogP contribution is -2.52. The fraction of sp³-hybridized carbons (Fsp3) is 0.333. The second-order valence-corrected chi connectivity index (χ2v) is 8.44. The van der Waals surface area contributed by atoms with Crippen molar-refractivity contribution in [3.63, 3.8) is 0 Å². The van der Waals surface area contributed by atoms with E-state index in [1.807, 2.05) is 0 Å². The molecule has 4 rings (SSSR count). The molecule has 1 saturated heterocycles. The second-order valence-electron chi connectivity index (χ2n) is 8.01. The Balaban J connectivity index is 1.67. The maximum Gasteiger partial charge on any atom is 0.273 e. The molecule has 0 bridgehead atoms. The van der Waals surface area contributed by atoms with E-state index in [-0.39, 0.29) is 5.56 Å². The first-order valence-electron chi connectivity index (χ1n) is 10.5. The van der Waals surface area contributed by atoms with E-state index in [0.29, 0.717) is 29.2 Å². The predicted molar refractivity (Wildman–Crippen MR) is 117 cm³/mol. The molecule has 2 fully saturated rings. The first-order valence-corrected chi connectivity index (χ1v) is 10.9. The highest BCUT2D eigenvalue weighted by atomic mass is 35.5. The van der Waals surface area contributed by atoms with Crippen molar-refractivity contribution in [2.24, 2.45) is 11.8 Å². The first kappa shape index (κ1) is 22.0. The van der Waals surface area contributed by atoms with E-state index in [9.17, 15) is 19.2 Å². The van der Waals surface area contributed by atoms with E-state index in [4.69, 9.17) is 16.3 Å². The summed E-state index contributed by atoms with van der Waals surface area (Å²) in [6.07, 6.45) is 2.95. The summed E-state index contributed by atoms with van der Waals surface area (Å²) in [7, 11) is 1.52. The number of fused-ring (bicyclic) bond motifs is 1. The molecule has 1 heterocycles. The summed E-state index contributed by atoms with van der Waals surface area (Å²) in [6.45, 7) is -0.440. The maximum atomic E-state index is 13.4. The number of carbonyl (C=O) groups excluding carboxylic acids is 4. The van der Waals surface area contributed by atoms with Gasteiger partial charge in [-0.3, -0.25) is 19.2 Å². The van der Waals surface area contributed by atoms with Crippen LogP contribution >= 0.6 is 11.6 Å². The molecule has 0 aromatic heterocycles. The molecule has 3 amide bonds. The fourth-order valence-electron chi connectivity index (χ4n) is 4.36. The molecule has 1 saturated carbocycles. The van der Waals surface area contributed by atoms with Crippen molar-refractivity contribution in [3.05, 3.63) is 64.7 Å². The van der Waals surface area contributed by atoms with Crippen molar-refractivity contribution in [1.82, 2.24) is 10.0 Å². The van der Waals surface area contributed by atoms with E-state index in [1.54, 1.807) is 36.4 Å².